The molecule has 0 bridgehead atoms. The predicted octanol–water partition coefficient (Wildman–Crippen LogP) is 0.684. The maximum Gasteiger partial charge on any atom is 2.00 e. The van der Waals surface area contributed by atoms with E-state index in [2.05, 4.69) is 30.4 Å². The summed E-state index contributed by atoms with van der Waals surface area (Å²) in [6, 6.07) is 0. The van der Waals surface area contributed by atoms with Crippen LogP contribution in [0.4, 0.5) is 0 Å². The maximum atomic E-state index is 10.0. The van der Waals surface area contributed by atoms with Crippen molar-refractivity contribution in [2.24, 2.45) is 10.8 Å². The van der Waals surface area contributed by atoms with Crippen molar-refractivity contribution in [1.29, 1.82) is 0 Å². The Morgan fingerprint density at radius 3 is 0.774 bits per heavy atom. The fraction of sp³-hybridized carbons (Fsp3) is 0.667. The molecular formula is C18H36CuN6O6. The number of aromatic nitrogens is 6. The van der Waals surface area contributed by atoms with Crippen molar-refractivity contribution >= 4 is 11.9 Å². The largest absolute Gasteiger partial charge is 2.00 e. The molecule has 13 heteroatoms. The van der Waals surface area contributed by atoms with E-state index in [1.165, 1.54) is 0 Å². The molecule has 0 aromatic carbocycles. The van der Waals surface area contributed by atoms with Gasteiger partial charge in [-0.2, -0.15) is 0 Å². The molecule has 2 heterocycles. The van der Waals surface area contributed by atoms with Gasteiger partial charge in [0.1, 0.15) is 0 Å². The van der Waals surface area contributed by atoms with Crippen molar-refractivity contribution in [2.45, 2.75) is 69.2 Å². The molecule has 0 aliphatic heterocycles. The Morgan fingerprint density at radius 1 is 0.613 bits per heavy atom. The van der Waals surface area contributed by atoms with Crippen LogP contribution < -0.4 is 9.97 Å². The standard InChI is InChI=1S/2C5H10O2.2C4H6N3.Cu.2H2O/c2*1-5(2,3)4(6)7;2*1-3-5-4(2)7-6-3;;;/h2*1-3H3,(H,6,7);2*1-2H3;;2*1H2/q;;2*-1;+2;;. The zero-order chi connectivity index (χ0) is 22.7. The fourth-order valence-corrected chi connectivity index (χ4v) is 0.847. The molecule has 0 atom stereocenters. The quantitative estimate of drug-likeness (QED) is 0.486. The molecule has 0 unspecified atom stereocenters. The Morgan fingerprint density at radius 2 is 0.742 bits per heavy atom. The first-order valence-corrected chi connectivity index (χ1v) is 8.54. The summed E-state index contributed by atoms with van der Waals surface area (Å²) in [6.07, 6.45) is 0. The van der Waals surface area contributed by atoms with Gasteiger partial charge in [-0.1, -0.05) is 0 Å². The molecule has 0 amide bonds. The smallest absolute Gasteiger partial charge is 0.481 e. The van der Waals surface area contributed by atoms with Crippen LogP contribution in [0.2, 0.25) is 0 Å². The van der Waals surface area contributed by atoms with E-state index in [4.69, 9.17) is 10.2 Å². The Balaban J connectivity index is -0.0000000939. The van der Waals surface area contributed by atoms with Gasteiger partial charge in [0.25, 0.3) is 0 Å². The Bertz CT molecular complexity index is 639. The molecule has 1 radical (unpaired) electrons. The topological polar surface area (TPSA) is 217 Å². The van der Waals surface area contributed by atoms with Gasteiger partial charge in [-0.15, -0.1) is 0 Å². The number of carbonyl (C=O) groups is 2. The van der Waals surface area contributed by atoms with Gasteiger partial charge < -0.3 is 51.5 Å². The van der Waals surface area contributed by atoms with E-state index >= 15 is 0 Å². The van der Waals surface area contributed by atoms with Crippen LogP contribution in [0.1, 0.15) is 64.8 Å². The number of nitrogens with zero attached hydrogens (tertiary/aromatic N) is 6. The molecule has 6 N–H and O–H groups in total. The summed E-state index contributed by atoms with van der Waals surface area (Å²) in [5, 5.41) is 31.1. The average molecular weight is 496 g/mol. The zero-order valence-corrected chi connectivity index (χ0v) is 20.6. The first-order chi connectivity index (χ1) is 12.5. The van der Waals surface area contributed by atoms with Gasteiger partial charge in [-0.05, 0) is 92.5 Å². The molecule has 2 aromatic rings. The molecule has 2 aromatic heterocycles. The van der Waals surface area contributed by atoms with Crippen LogP contribution >= 0.6 is 0 Å². The fourth-order valence-electron chi connectivity index (χ4n) is 0.847. The number of rotatable bonds is 0. The Hall–Kier alpha value is -2.34. The monoisotopic (exact) mass is 495 g/mol. The van der Waals surface area contributed by atoms with Crippen LogP contribution in [-0.2, 0) is 26.7 Å². The molecule has 185 valence electrons. The Labute approximate surface area is 193 Å². The summed E-state index contributed by atoms with van der Waals surface area (Å²) in [4.78, 5) is 27.8. The number of carboxylic acid groups (broad SMARTS) is 2. The first-order valence-electron chi connectivity index (χ1n) is 8.54. The number of aryl methyl sites for hydroxylation is 4. The molecule has 0 aliphatic rings. The van der Waals surface area contributed by atoms with Gasteiger partial charge in [-0.25, -0.2) is 0 Å². The number of hydrogen-bond acceptors (Lipinski definition) is 6. The first kappa shape index (κ1) is 39.2. The minimum absolute atomic E-state index is 0. The second-order valence-electron chi connectivity index (χ2n) is 7.92. The van der Waals surface area contributed by atoms with Crippen molar-refractivity contribution in [3.8, 4) is 0 Å². The van der Waals surface area contributed by atoms with E-state index in [1.807, 2.05) is 27.7 Å². The van der Waals surface area contributed by atoms with Crippen LogP contribution in [0, 0.1) is 38.5 Å². The van der Waals surface area contributed by atoms with Crippen LogP contribution in [-0.4, -0.2) is 53.5 Å². The van der Waals surface area contributed by atoms with Gasteiger partial charge in [-0.3, -0.25) is 9.59 Å². The van der Waals surface area contributed by atoms with Crippen LogP contribution in [0.25, 0.3) is 0 Å². The second-order valence-corrected chi connectivity index (χ2v) is 7.92. The summed E-state index contributed by atoms with van der Waals surface area (Å²) in [6.45, 7) is 17.2. The summed E-state index contributed by atoms with van der Waals surface area (Å²) >= 11 is 0. The third-order valence-electron chi connectivity index (χ3n) is 2.61. The van der Waals surface area contributed by atoms with E-state index in [9.17, 15) is 9.59 Å². The normalized spacial score (nSPS) is 9.35. The van der Waals surface area contributed by atoms with E-state index in [-0.39, 0.29) is 28.0 Å². The van der Waals surface area contributed by atoms with Gasteiger partial charge >= 0.3 is 29.0 Å². The van der Waals surface area contributed by atoms with Crippen molar-refractivity contribution in [1.82, 2.24) is 30.4 Å². The molecule has 2 rings (SSSR count). The summed E-state index contributed by atoms with van der Waals surface area (Å²) in [7, 11) is 0. The van der Waals surface area contributed by atoms with Crippen molar-refractivity contribution < 1.29 is 47.8 Å². The van der Waals surface area contributed by atoms with Crippen molar-refractivity contribution in [3.05, 3.63) is 23.3 Å². The van der Waals surface area contributed by atoms with Crippen LogP contribution in [0.3, 0.4) is 0 Å². The molecule has 12 nitrogen and oxygen atoms in total. The minimum Gasteiger partial charge on any atom is -0.481 e. The Kier molecular flexibility index (Phi) is 21.9. The molecule has 0 fully saturated rings. The average Bonchev–Trinajstić information content (AvgIpc) is 3.06. The summed E-state index contributed by atoms with van der Waals surface area (Å²) in [5.74, 6) is 1.48. The zero-order valence-electron chi connectivity index (χ0n) is 19.7. The minimum atomic E-state index is -0.757. The second kappa shape index (κ2) is 17.4. The van der Waals surface area contributed by atoms with E-state index in [0.717, 1.165) is 23.3 Å². The van der Waals surface area contributed by atoms with Crippen molar-refractivity contribution in [2.75, 3.05) is 0 Å². The van der Waals surface area contributed by atoms with Crippen molar-refractivity contribution in [3.63, 3.8) is 0 Å². The number of carboxylic acids is 2. The molecule has 0 saturated heterocycles. The number of hydrogen-bond donors (Lipinski definition) is 2. The van der Waals surface area contributed by atoms with Gasteiger partial charge in [0.15, 0.2) is 0 Å². The summed E-state index contributed by atoms with van der Waals surface area (Å²) < 4.78 is 0. The third-order valence-corrected chi connectivity index (χ3v) is 2.61. The van der Waals surface area contributed by atoms with Crippen LogP contribution in [0.15, 0.2) is 0 Å². The SMILES string of the molecule is CC(C)(C)C(=O)O.CC(C)(C)C(=O)O.Cc1nnc(C)[n-]1.Cc1nnc(C)[n-]1.O.O.[Cu+2]. The van der Waals surface area contributed by atoms with E-state index in [1.54, 1.807) is 41.5 Å². The third kappa shape index (κ3) is 23.8. The van der Waals surface area contributed by atoms with E-state index < -0.39 is 22.8 Å². The molecule has 0 spiro atoms. The number of aliphatic carboxylic acids is 2. The maximum absolute atomic E-state index is 10.0. The molecule has 31 heavy (non-hydrogen) atoms. The molecular weight excluding hydrogens is 460 g/mol. The molecule has 0 aliphatic carbocycles. The van der Waals surface area contributed by atoms with E-state index in [0.29, 0.717) is 0 Å². The van der Waals surface area contributed by atoms with Gasteiger partial charge in [0.05, 0.1) is 10.8 Å². The predicted molar refractivity (Wildman–Crippen MR) is 111 cm³/mol. The summed E-state index contributed by atoms with van der Waals surface area (Å²) in [5.41, 5.74) is -1.17. The van der Waals surface area contributed by atoms with Gasteiger partial charge in [0.2, 0.25) is 0 Å². The molecule has 0 saturated carbocycles. The van der Waals surface area contributed by atoms with Gasteiger partial charge in [0, 0.05) is 0 Å². The van der Waals surface area contributed by atoms with Crippen LogP contribution in [0.5, 0.6) is 0 Å².